The highest BCUT2D eigenvalue weighted by Gasteiger charge is 2.37. The lowest BCUT2D eigenvalue weighted by Crippen LogP contribution is -2.17. The number of furan rings is 1. The Kier molecular flexibility index (Phi) is 12.3. The second kappa shape index (κ2) is 17.4. The van der Waals surface area contributed by atoms with Gasteiger partial charge in [-0.05, 0) is 131 Å². The Balaban J connectivity index is 0.000000834. The van der Waals surface area contributed by atoms with E-state index in [2.05, 4.69) is 174 Å². The first-order valence-electron chi connectivity index (χ1n) is 19.7. The molecule has 1 N–H and O–H groups in total. The number of para-hydroxylation sites is 1. The first-order chi connectivity index (χ1) is 27.2. The van der Waals surface area contributed by atoms with Gasteiger partial charge in [0, 0.05) is 28.1 Å². The molecular formula is C54H53NO. The van der Waals surface area contributed by atoms with Crippen molar-refractivity contribution in [2.75, 3.05) is 5.32 Å². The van der Waals surface area contributed by atoms with Gasteiger partial charge in [-0.1, -0.05) is 149 Å². The average molecular weight is 732 g/mol. The molecule has 0 unspecified atom stereocenters. The highest BCUT2D eigenvalue weighted by molar-refractivity contribution is 6.05. The Bertz CT molecular complexity index is 2640. The van der Waals surface area contributed by atoms with Crippen LogP contribution in [0.1, 0.15) is 86.4 Å². The van der Waals surface area contributed by atoms with Crippen molar-refractivity contribution in [2.24, 2.45) is 0 Å². The fourth-order valence-electron chi connectivity index (χ4n) is 8.12. The van der Waals surface area contributed by atoms with Crippen LogP contribution in [0.3, 0.4) is 0 Å². The summed E-state index contributed by atoms with van der Waals surface area (Å²) in [6.07, 6.45) is 26.9. The maximum Gasteiger partial charge on any atom is 0.135 e. The average Bonchev–Trinajstić information content (AvgIpc) is 3.72. The number of benzene rings is 5. The van der Waals surface area contributed by atoms with Crippen LogP contribution in [0.5, 0.6) is 0 Å². The minimum atomic E-state index is 0.0851. The normalized spacial score (nSPS) is 14.3. The van der Waals surface area contributed by atoms with Crippen molar-refractivity contribution in [2.45, 2.75) is 66.2 Å². The van der Waals surface area contributed by atoms with Gasteiger partial charge in [0.05, 0.1) is 0 Å². The summed E-state index contributed by atoms with van der Waals surface area (Å²) >= 11 is 0. The second-order valence-electron chi connectivity index (χ2n) is 14.6. The zero-order valence-electron chi connectivity index (χ0n) is 33.8. The molecule has 0 fully saturated rings. The molecular weight excluding hydrogens is 679 g/mol. The van der Waals surface area contributed by atoms with Crippen LogP contribution in [0.2, 0.25) is 0 Å². The highest BCUT2D eigenvalue weighted by Crippen LogP contribution is 2.50. The van der Waals surface area contributed by atoms with E-state index in [1.54, 1.807) is 5.57 Å². The number of allylic oxidation sites excluding steroid dienone is 8. The fourth-order valence-corrected chi connectivity index (χ4v) is 8.12. The van der Waals surface area contributed by atoms with Gasteiger partial charge in [0.1, 0.15) is 11.2 Å². The third kappa shape index (κ3) is 7.77. The molecule has 0 saturated heterocycles. The maximum absolute atomic E-state index is 6.04. The molecule has 0 radical (unpaired) electrons. The number of anilines is 1. The van der Waals surface area contributed by atoms with Gasteiger partial charge in [-0.3, -0.25) is 0 Å². The lowest BCUT2D eigenvalue weighted by atomic mass is 9.78. The molecule has 0 amide bonds. The van der Waals surface area contributed by atoms with Crippen LogP contribution >= 0.6 is 0 Å². The Morgan fingerprint density at radius 3 is 2.32 bits per heavy atom. The number of rotatable bonds is 8. The summed E-state index contributed by atoms with van der Waals surface area (Å²) in [4.78, 5) is 0. The molecule has 6 aromatic rings. The van der Waals surface area contributed by atoms with Crippen LogP contribution < -0.4 is 5.32 Å². The predicted molar refractivity (Wildman–Crippen MR) is 247 cm³/mol. The van der Waals surface area contributed by atoms with Gasteiger partial charge in [0.25, 0.3) is 0 Å². The van der Waals surface area contributed by atoms with E-state index >= 15 is 0 Å². The largest absolute Gasteiger partial charge is 0.456 e. The van der Waals surface area contributed by atoms with Crippen molar-refractivity contribution in [3.8, 4) is 12.3 Å². The minimum Gasteiger partial charge on any atom is -0.456 e. The number of aryl methyl sites for hydroxylation is 1. The Morgan fingerprint density at radius 2 is 1.57 bits per heavy atom. The number of hydrogen-bond acceptors (Lipinski definition) is 2. The summed E-state index contributed by atoms with van der Waals surface area (Å²) in [5.74, 6) is 2.19. The smallest absolute Gasteiger partial charge is 0.135 e. The molecule has 1 aromatic heterocycles. The van der Waals surface area contributed by atoms with Crippen LogP contribution in [0.15, 0.2) is 150 Å². The molecule has 0 aliphatic heterocycles. The molecule has 0 saturated carbocycles. The SMILES string of the molecule is C#CC=C.C=Cc1c(/C=C\C(C)=C\Cc2ccc3oc4ccccc4c3c2)c(/C=C/Nc2ccc3c(c2)C2=C(CCC=C2)C3(C)C)c2ccccc2c1C.CC. The lowest BCUT2D eigenvalue weighted by Gasteiger charge is -2.25. The minimum absolute atomic E-state index is 0.0851. The summed E-state index contributed by atoms with van der Waals surface area (Å²) in [6.45, 7) is 20.6. The van der Waals surface area contributed by atoms with Gasteiger partial charge in [-0.2, -0.15) is 0 Å². The molecule has 2 heteroatoms. The summed E-state index contributed by atoms with van der Waals surface area (Å²) in [5.41, 5.74) is 16.0. The van der Waals surface area contributed by atoms with E-state index in [9.17, 15) is 0 Å². The number of terminal acetylenes is 1. The number of nitrogens with one attached hydrogen (secondary N) is 1. The van der Waals surface area contributed by atoms with Gasteiger partial charge in [0.2, 0.25) is 0 Å². The van der Waals surface area contributed by atoms with Gasteiger partial charge in [0.15, 0.2) is 0 Å². The predicted octanol–water partition coefficient (Wildman–Crippen LogP) is 15.2. The molecule has 280 valence electrons. The van der Waals surface area contributed by atoms with Crippen LogP contribution in [0, 0.1) is 19.3 Å². The van der Waals surface area contributed by atoms with E-state index in [0.29, 0.717) is 0 Å². The van der Waals surface area contributed by atoms with Gasteiger partial charge in [-0.25, -0.2) is 0 Å². The van der Waals surface area contributed by atoms with Crippen molar-refractivity contribution in [1.82, 2.24) is 0 Å². The van der Waals surface area contributed by atoms with Gasteiger partial charge in [-0.15, -0.1) is 6.42 Å². The number of fused-ring (bicyclic) bond motifs is 6. The van der Waals surface area contributed by atoms with Crippen LogP contribution in [0.25, 0.3) is 56.5 Å². The third-order valence-corrected chi connectivity index (χ3v) is 10.9. The summed E-state index contributed by atoms with van der Waals surface area (Å²) < 4.78 is 6.04. The van der Waals surface area contributed by atoms with Gasteiger partial charge >= 0.3 is 0 Å². The molecule has 0 spiro atoms. The molecule has 2 aliphatic carbocycles. The molecule has 1 heterocycles. The quantitative estimate of drug-likeness (QED) is 0.125. The van der Waals surface area contributed by atoms with E-state index in [0.717, 1.165) is 47.1 Å². The first kappa shape index (κ1) is 39.4. The van der Waals surface area contributed by atoms with Crippen molar-refractivity contribution in [1.29, 1.82) is 0 Å². The van der Waals surface area contributed by atoms with Crippen LogP contribution in [-0.4, -0.2) is 0 Å². The fraction of sp³-hybridized carbons (Fsp3) is 0.185. The highest BCUT2D eigenvalue weighted by atomic mass is 16.3. The van der Waals surface area contributed by atoms with Crippen molar-refractivity contribution in [3.05, 3.63) is 185 Å². The standard InChI is InChI=1S/C48H43NO.C4H4.C2H6/c1-6-35-32(3)36-13-7-8-14-37(36)39(27-28-49-34-23-25-45-42(30-34)40-15-9-11-17-44(40)48(45,4)5)38(35)24-20-31(2)19-21-33-22-26-47-43(29-33)41-16-10-12-18-46(41)50-47;1-3-4-2;1-2/h6-10,12-16,18-20,22-30,49H,1,11,17,21H2,2-5H3;1,4H,2H2;1-2H3/b24-20-,28-27+,31-19+;;. The van der Waals surface area contributed by atoms with E-state index < -0.39 is 0 Å². The van der Waals surface area contributed by atoms with Crippen LogP contribution in [0.4, 0.5) is 5.69 Å². The molecule has 8 rings (SSSR count). The van der Waals surface area contributed by atoms with E-state index in [-0.39, 0.29) is 5.41 Å². The summed E-state index contributed by atoms with van der Waals surface area (Å²) in [6, 6.07) is 30.3. The maximum atomic E-state index is 6.04. The topological polar surface area (TPSA) is 25.2 Å². The molecule has 5 aromatic carbocycles. The lowest BCUT2D eigenvalue weighted by molar-refractivity contribution is 0.607. The first-order valence-corrected chi connectivity index (χ1v) is 19.7. The molecule has 0 bridgehead atoms. The number of hydrogen-bond donors (Lipinski definition) is 1. The molecule has 56 heavy (non-hydrogen) atoms. The van der Waals surface area contributed by atoms with Crippen molar-refractivity contribution in [3.63, 3.8) is 0 Å². The van der Waals surface area contributed by atoms with E-state index in [1.165, 1.54) is 66.8 Å². The summed E-state index contributed by atoms with van der Waals surface area (Å²) in [5, 5.41) is 8.43. The zero-order valence-corrected chi connectivity index (χ0v) is 33.8. The Morgan fingerprint density at radius 1 is 0.857 bits per heavy atom. The second-order valence-corrected chi connectivity index (χ2v) is 14.6. The monoisotopic (exact) mass is 731 g/mol. The van der Waals surface area contributed by atoms with Crippen molar-refractivity contribution >= 4 is 62.2 Å². The zero-order chi connectivity index (χ0) is 39.8. The molecule has 2 aliphatic rings. The Hall–Kier alpha value is -6.30. The summed E-state index contributed by atoms with van der Waals surface area (Å²) in [7, 11) is 0. The van der Waals surface area contributed by atoms with E-state index in [1.807, 2.05) is 32.1 Å². The molecule has 0 atom stereocenters. The van der Waals surface area contributed by atoms with Gasteiger partial charge < -0.3 is 9.73 Å². The van der Waals surface area contributed by atoms with E-state index in [4.69, 9.17) is 4.42 Å². The molecule has 2 nitrogen and oxygen atoms in total. The third-order valence-electron chi connectivity index (χ3n) is 10.9. The van der Waals surface area contributed by atoms with Crippen LogP contribution in [-0.2, 0) is 11.8 Å². The van der Waals surface area contributed by atoms with Crippen molar-refractivity contribution < 1.29 is 4.42 Å². The Labute approximate surface area is 334 Å².